The Bertz CT molecular complexity index is 714. The Balaban J connectivity index is 0.00000243. The van der Waals surface area contributed by atoms with Gasteiger partial charge in [0.05, 0.1) is 6.10 Å². The van der Waals surface area contributed by atoms with Gasteiger partial charge in [-0.2, -0.15) is 4.98 Å². The van der Waals surface area contributed by atoms with Crippen LogP contribution in [-0.4, -0.2) is 58.9 Å². The highest BCUT2D eigenvalue weighted by Crippen LogP contribution is 2.18. The van der Waals surface area contributed by atoms with Crippen LogP contribution in [0.5, 0.6) is 0 Å². The average Bonchev–Trinajstić information content (AvgIpc) is 3.09. The van der Waals surface area contributed by atoms with Crippen LogP contribution in [0.3, 0.4) is 0 Å². The maximum atomic E-state index is 9.60. The number of likely N-dealkylation sites (tertiary alicyclic amines) is 1. The highest BCUT2D eigenvalue weighted by molar-refractivity contribution is 14.0. The summed E-state index contributed by atoms with van der Waals surface area (Å²) < 4.78 is 5.30. The quantitative estimate of drug-likeness (QED) is 0.388. The zero-order valence-corrected chi connectivity index (χ0v) is 17.6. The minimum absolute atomic E-state index is 0. The highest BCUT2D eigenvalue weighted by atomic mass is 127. The maximum absolute atomic E-state index is 9.60. The smallest absolute Gasteiger partial charge is 0.228 e. The minimum atomic E-state index is -0.195. The van der Waals surface area contributed by atoms with E-state index in [-0.39, 0.29) is 30.1 Å². The summed E-state index contributed by atoms with van der Waals surface area (Å²) in [6.07, 6.45) is 1.96. The molecular weight excluding hydrogens is 469 g/mol. The summed E-state index contributed by atoms with van der Waals surface area (Å²) in [5, 5.41) is 17.6. The normalized spacial score (nSPS) is 15.7. The molecule has 1 aromatic carbocycles. The first-order valence-electron chi connectivity index (χ1n) is 8.38. The van der Waals surface area contributed by atoms with Gasteiger partial charge < -0.3 is 19.8 Å². The van der Waals surface area contributed by atoms with E-state index in [1.807, 2.05) is 12.1 Å². The van der Waals surface area contributed by atoms with E-state index in [1.165, 1.54) is 0 Å². The molecule has 0 spiro atoms. The van der Waals surface area contributed by atoms with Crippen LogP contribution in [-0.2, 0) is 6.42 Å². The van der Waals surface area contributed by atoms with Crippen molar-refractivity contribution in [1.82, 2.24) is 20.4 Å². The van der Waals surface area contributed by atoms with Gasteiger partial charge in [0.25, 0.3) is 0 Å². The van der Waals surface area contributed by atoms with Crippen LogP contribution in [0.15, 0.2) is 33.8 Å². The molecule has 0 bridgehead atoms. The minimum Gasteiger partial charge on any atom is -0.393 e. The van der Waals surface area contributed by atoms with Crippen molar-refractivity contribution in [1.29, 1.82) is 0 Å². The third kappa shape index (κ3) is 5.55. The van der Waals surface area contributed by atoms with E-state index in [2.05, 4.69) is 25.3 Å². The maximum Gasteiger partial charge on any atom is 0.228 e. The molecule has 142 valence electrons. The molecule has 9 heteroatoms. The molecule has 26 heavy (non-hydrogen) atoms. The van der Waals surface area contributed by atoms with E-state index in [1.54, 1.807) is 19.2 Å². The van der Waals surface area contributed by atoms with Gasteiger partial charge in [-0.05, 0) is 37.1 Å². The van der Waals surface area contributed by atoms with Crippen molar-refractivity contribution in [2.45, 2.75) is 25.4 Å². The molecule has 1 aromatic heterocycles. The second-order valence-corrected chi connectivity index (χ2v) is 6.40. The molecule has 1 fully saturated rings. The lowest BCUT2D eigenvalue weighted by molar-refractivity contribution is 0.108. The predicted octanol–water partition coefficient (Wildman–Crippen LogP) is 2.58. The molecular formula is C17H23ClIN5O2. The Kier molecular flexibility index (Phi) is 8.11. The van der Waals surface area contributed by atoms with Crippen LogP contribution in [0.4, 0.5) is 0 Å². The fraction of sp³-hybridized carbons (Fsp3) is 0.471. The van der Waals surface area contributed by atoms with Crippen LogP contribution in [0.25, 0.3) is 11.4 Å². The summed E-state index contributed by atoms with van der Waals surface area (Å²) in [6, 6.07) is 7.33. The van der Waals surface area contributed by atoms with Crippen LogP contribution in [0.1, 0.15) is 18.7 Å². The van der Waals surface area contributed by atoms with E-state index in [0.717, 1.165) is 37.5 Å². The van der Waals surface area contributed by atoms with Crippen molar-refractivity contribution < 1.29 is 9.63 Å². The van der Waals surface area contributed by atoms with Crippen molar-refractivity contribution in [2.24, 2.45) is 4.99 Å². The zero-order chi connectivity index (χ0) is 17.6. The molecule has 3 rings (SSSR count). The molecule has 1 saturated heterocycles. The first kappa shape index (κ1) is 20.9. The molecule has 2 aromatic rings. The molecule has 0 radical (unpaired) electrons. The lowest BCUT2D eigenvalue weighted by atomic mass is 10.1. The molecule has 0 amide bonds. The summed E-state index contributed by atoms with van der Waals surface area (Å²) in [6.45, 7) is 2.26. The second-order valence-electron chi connectivity index (χ2n) is 5.96. The first-order chi connectivity index (χ1) is 12.2. The van der Waals surface area contributed by atoms with Crippen LogP contribution in [0.2, 0.25) is 5.02 Å². The molecule has 1 aliphatic rings. The molecule has 1 aliphatic heterocycles. The van der Waals surface area contributed by atoms with Gasteiger partial charge >= 0.3 is 0 Å². The molecule has 7 nitrogen and oxygen atoms in total. The number of aliphatic imine (C=N–C) groups is 1. The molecule has 0 saturated carbocycles. The number of nitrogens with zero attached hydrogens (tertiary/aromatic N) is 4. The fourth-order valence-electron chi connectivity index (χ4n) is 2.76. The Labute approximate surface area is 174 Å². The Morgan fingerprint density at radius 3 is 2.69 bits per heavy atom. The van der Waals surface area contributed by atoms with Crippen LogP contribution in [0, 0.1) is 0 Å². The number of halogens is 2. The lowest BCUT2D eigenvalue weighted by Crippen LogP contribution is -2.47. The Morgan fingerprint density at radius 2 is 2.04 bits per heavy atom. The number of aliphatic hydroxyl groups is 1. The van der Waals surface area contributed by atoms with E-state index in [4.69, 9.17) is 16.1 Å². The molecule has 2 N–H and O–H groups in total. The number of aliphatic hydroxyl groups excluding tert-OH is 1. The number of piperidine rings is 1. The van der Waals surface area contributed by atoms with Gasteiger partial charge in [-0.25, -0.2) is 0 Å². The largest absolute Gasteiger partial charge is 0.393 e. The lowest BCUT2D eigenvalue weighted by Gasteiger charge is -2.32. The Hall–Kier alpha value is -1.39. The summed E-state index contributed by atoms with van der Waals surface area (Å²) in [7, 11) is 1.76. The van der Waals surface area contributed by atoms with Gasteiger partial charge in [-0.15, -0.1) is 24.0 Å². The topological polar surface area (TPSA) is 86.8 Å². The standard InChI is InChI=1S/C17H22ClN5O2.HI/c1-19-17(23-10-7-14(24)8-11-23)20-9-6-15-21-16(22-25-15)12-2-4-13(18)5-3-12;/h2-5,14,24H,6-11H2,1H3,(H,19,20);1H. The third-order valence-electron chi connectivity index (χ3n) is 4.17. The van der Waals surface area contributed by atoms with Crippen molar-refractivity contribution in [3.05, 3.63) is 35.2 Å². The molecule has 0 unspecified atom stereocenters. The Morgan fingerprint density at radius 1 is 1.35 bits per heavy atom. The fourth-order valence-corrected chi connectivity index (χ4v) is 2.89. The number of guanidine groups is 1. The SMILES string of the molecule is CN=C(NCCc1nc(-c2ccc(Cl)cc2)no1)N1CCC(O)CC1.I. The zero-order valence-electron chi connectivity index (χ0n) is 14.6. The van der Waals surface area contributed by atoms with Gasteiger partial charge in [0.2, 0.25) is 11.7 Å². The van der Waals surface area contributed by atoms with Crippen molar-refractivity contribution in [3.63, 3.8) is 0 Å². The van der Waals surface area contributed by atoms with Gasteiger partial charge in [-0.1, -0.05) is 16.8 Å². The first-order valence-corrected chi connectivity index (χ1v) is 8.75. The van der Waals surface area contributed by atoms with Crippen LogP contribution < -0.4 is 5.32 Å². The number of benzene rings is 1. The molecule has 0 aliphatic carbocycles. The number of hydrogen-bond acceptors (Lipinski definition) is 5. The highest BCUT2D eigenvalue weighted by Gasteiger charge is 2.19. The van der Waals surface area contributed by atoms with E-state index in [0.29, 0.717) is 29.7 Å². The third-order valence-corrected chi connectivity index (χ3v) is 4.42. The second kappa shape index (κ2) is 10.1. The number of nitrogens with one attached hydrogen (secondary N) is 1. The van der Waals surface area contributed by atoms with Gasteiger partial charge in [0.1, 0.15) is 0 Å². The monoisotopic (exact) mass is 491 g/mol. The summed E-state index contributed by atoms with van der Waals surface area (Å²) >= 11 is 5.89. The van der Waals surface area contributed by atoms with Gasteiger partial charge in [0.15, 0.2) is 5.96 Å². The predicted molar refractivity (Wildman–Crippen MR) is 112 cm³/mol. The van der Waals surface area contributed by atoms with Crippen molar-refractivity contribution >= 4 is 41.5 Å². The van der Waals surface area contributed by atoms with Crippen LogP contribution >= 0.6 is 35.6 Å². The summed E-state index contributed by atoms with van der Waals surface area (Å²) in [5.41, 5.74) is 0.870. The van der Waals surface area contributed by atoms with Crippen molar-refractivity contribution in [3.8, 4) is 11.4 Å². The van der Waals surface area contributed by atoms with E-state index < -0.39 is 0 Å². The summed E-state index contributed by atoms with van der Waals surface area (Å²) in [4.78, 5) is 10.9. The molecule has 0 atom stereocenters. The number of aromatic nitrogens is 2. The number of rotatable bonds is 4. The van der Waals surface area contributed by atoms with Gasteiger partial charge in [-0.3, -0.25) is 4.99 Å². The van der Waals surface area contributed by atoms with Gasteiger partial charge in [0, 0.05) is 43.7 Å². The summed E-state index contributed by atoms with van der Waals surface area (Å²) in [5.74, 6) is 1.97. The average molecular weight is 492 g/mol. The van der Waals surface area contributed by atoms with Crippen molar-refractivity contribution in [2.75, 3.05) is 26.7 Å². The van der Waals surface area contributed by atoms with E-state index in [9.17, 15) is 5.11 Å². The molecule has 2 heterocycles. The number of hydrogen-bond donors (Lipinski definition) is 2. The van der Waals surface area contributed by atoms with E-state index >= 15 is 0 Å².